The highest BCUT2D eigenvalue weighted by Crippen LogP contribution is 2.09. The van der Waals surface area contributed by atoms with Crippen molar-refractivity contribution in [3.8, 4) is 0 Å². The average molecular weight is 203 g/mol. The van der Waals surface area contributed by atoms with Gasteiger partial charge in [0.15, 0.2) is 0 Å². The molecule has 7 nitrogen and oxygen atoms in total. The van der Waals surface area contributed by atoms with Gasteiger partial charge in [-0.15, -0.1) is 0 Å². The largest absolute Gasteiger partial charge is 0.389 e. The lowest BCUT2D eigenvalue weighted by atomic mass is 10.3. The summed E-state index contributed by atoms with van der Waals surface area (Å²) in [6.07, 6.45) is -0.598. The summed E-state index contributed by atoms with van der Waals surface area (Å²) in [6, 6.07) is -1.55. The molecule has 1 aliphatic heterocycles. The molecule has 0 aromatic carbocycles. The molecule has 1 saturated heterocycles. The first-order chi connectivity index (χ1) is 6.50. The standard InChI is InChI=1S/C7H13N3O4/c1-4(6(12)9-7(8)13)10-2-5(11)3-14-10/h4-5,11H,2-3H2,1H3,(H3,8,9,12,13). The zero-order chi connectivity index (χ0) is 10.7. The van der Waals surface area contributed by atoms with E-state index >= 15 is 0 Å². The number of nitrogens with one attached hydrogen (secondary N) is 1. The van der Waals surface area contributed by atoms with Gasteiger partial charge in [-0.25, -0.2) is 4.79 Å². The number of carbonyl (C=O) groups excluding carboxylic acids is 2. The van der Waals surface area contributed by atoms with E-state index < -0.39 is 24.1 Å². The lowest BCUT2D eigenvalue weighted by Crippen LogP contribution is -2.47. The van der Waals surface area contributed by atoms with Crippen LogP contribution in [-0.4, -0.2) is 47.4 Å². The topological polar surface area (TPSA) is 105 Å². The van der Waals surface area contributed by atoms with E-state index in [2.05, 4.69) is 0 Å². The van der Waals surface area contributed by atoms with Gasteiger partial charge in [0.05, 0.1) is 19.3 Å². The fourth-order valence-electron chi connectivity index (χ4n) is 1.12. The number of carbonyl (C=O) groups is 2. The van der Waals surface area contributed by atoms with Crippen molar-refractivity contribution in [1.29, 1.82) is 0 Å². The second-order valence-corrected chi connectivity index (χ2v) is 3.08. The zero-order valence-electron chi connectivity index (χ0n) is 7.77. The van der Waals surface area contributed by atoms with Crippen LogP contribution in [-0.2, 0) is 9.63 Å². The lowest BCUT2D eigenvalue weighted by Gasteiger charge is -2.20. The van der Waals surface area contributed by atoms with Crippen molar-refractivity contribution in [2.75, 3.05) is 13.2 Å². The molecule has 2 atom stereocenters. The minimum absolute atomic E-state index is 0.161. The molecular weight excluding hydrogens is 190 g/mol. The van der Waals surface area contributed by atoms with Gasteiger partial charge in [0.2, 0.25) is 5.91 Å². The maximum atomic E-state index is 11.2. The number of nitrogens with two attached hydrogens (primary N) is 1. The van der Waals surface area contributed by atoms with Gasteiger partial charge in [-0.3, -0.25) is 14.9 Å². The Balaban J connectivity index is 2.44. The number of rotatable bonds is 2. The van der Waals surface area contributed by atoms with E-state index in [0.717, 1.165) is 0 Å². The van der Waals surface area contributed by atoms with Crippen molar-refractivity contribution in [3.05, 3.63) is 0 Å². The van der Waals surface area contributed by atoms with Crippen molar-refractivity contribution in [3.63, 3.8) is 0 Å². The SMILES string of the molecule is CC(C(=O)NC(N)=O)N1CC(O)CO1. The highest BCUT2D eigenvalue weighted by Gasteiger charge is 2.30. The number of β-amino-alcohol motifs (C(OH)–C–C–N with tert-alkyl or cyclic N) is 1. The van der Waals surface area contributed by atoms with Crippen molar-refractivity contribution < 1.29 is 19.5 Å². The number of hydrogen-bond donors (Lipinski definition) is 3. The lowest BCUT2D eigenvalue weighted by molar-refractivity contribution is -0.157. The van der Waals surface area contributed by atoms with Gasteiger partial charge in [-0.05, 0) is 6.92 Å². The summed E-state index contributed by atoms with van der Waals surface area (Å²) < 4.78 is 0. The molecule has 0 saturated carbocycles. The molecule has 1 heterocycles. The van der Waals surface area contributed by atoms with Crippen molar-refractivity contribution in [2.45, 2.75) is 19.1 Å². The fraction of sp³-hybridized carbons (Fsp3) is 0.714. The Labute approximate surface area is 80.8 Å². The van der Waals surface area contributed by atoms with Crippen LogP contribution in [0.2, 0.25) is 0 Å². The summed E-state index contributed by atoms with van der Waals surface area (Å²) in [6.45, 7) is 1.96. The van der Waals surface area contributed by atoms with E-state index in [9.17, 15) is 9.59 Å². The number of urea groups is 1. The number of aliphatic hydroxyl groups is 1. The van der Waals surface area contributed by atoms with Crippen molar-refractivity contribution in [1.82, 2.24) is 10.4 Å². The molecule has 0 aromatic rings. The highest BCUT2D eigenvalue weighted by molar-refractivity contribution is 5.96. The summed E-state index contributed by atoms with van der Waals surface area (Å²) in [5, 5.41) is 12.4. The maximum Gasteiger partial charge on any atom is 0.318 e. The summed E-state index contributed by atoms with van der Waals surface area (Å²) in [4.78, 5) is 26.6. The highest BCUT2D eigenvalue weighted by atomic mass is 16.7. The smallest absolute Gasteiger partial charge is 0.318 e. The Morgan fingerprint density at radius 3 is 2.79 bits per heavy atom. The summed E-state index contributed by atoms with van der Waals surface area (Å²) in [7, 11) is 0. The number of aliphatic hydroxyl groups excluding tert-OH is 1. The van der Waals surface area contributed by atoms with Crippen LogP contribution < -0.4 is 11.1 Å². The van der Waals surface area contributed by atoms with Crippen LogP contribution in [0.3, 0.4) is 0 Å². The molecule has 1 fully saturated rings. The number of hydroxylamine groups is 2. The van der Waals surface area contributed by atoms with Crippen LogP contribution >= 0.6 is 0 Å². The van der Waals surface area contributed by atoms with E-state index in [-0.39, 0.29) is 13.2 Å². The normalized spacial score (nSPS) is 24.6. The van der Waals surface area contributed by atoms with E-state index in [1.54, 1.807) is 6.92 Å². The molecule has 14 heavy (non-hydrogen) atoms. The first kappa shape index (κ1) is 10.9. The van der Waals surface area contributed by atoms with Gasteiger partial charge in [0, 0.05) is 0 Å². The molecule has 0 aromatic heterocycles. The van der Waals surface area contributed by atoms with Crippen LogP contribution in [0.5, 0.6) is 0 Å². The van der Waals surface area contributed by atoms with Crippen LogP contribution in [0.1, 0.15) is 6.92 Å². The van der Waals surface area contributed by atoms with Crippen LogP contribution in [0.4, 0.5) is 4.79 Å². The van der Waals surface area contributed by atoms with E-state index in [0.29, 0.717) is 0 Å². The molecule has 4 N–H and O–H groups in total. The number of imide groups is 1. The summed E-state index contributed by atoms with van der Waals surface area (Å²) >= 11 is 0. The quantitative estimate of drug-likeness (QED) is 0.490. The Hall–Kier alpha value is -1.18. The molecule has 2 unspecified atom stereocenters. The van der Waals surface area contributed by atoms with Gasteiger partial charge in [0.25, 0.3) is 0 Å². The Kier molecular flexibility index (Phi) is 3.39. The van der Waals surface area contributed by atoms with E-state index in [4.69, 9.17) is 15.7 Å². The number of nitrogens with zero attached hydrogens (tertiary/aromatic N) is 1. The second kappa shape index (κ2) is 4.36. The first-order valence-corrected chi connectivity index (χ1v) is 4.18. The monoisotopic (exact) mass is 203 g/mol. The maximum absolute atomic E-state index is 11.2. The van der Waals surface area contributed by atoms with Gasteiger partial charge in [0.1, 0.15) is 6.04 Å². The molecule has 0 bridgehead atoms. The van der Waals surface area contributed by atoms with Crippen molar-refractivity contribution >= 4 is 11.9 Å². The molecule has 0 aliphatic carbocycles. The summed E-state index contributed by atoms with van der Waals surface area (Å²) in [5.74, 6) is -0.549. The zero-order valence-corrected chi connectivity index (χ0v) is 7.77. The third kappa shape index (κ3) is 2.66. The Morgan fingerprint density at radius 2 is 2.36 bits per heavy atom. The predicted molar refractivity (Wildman–Crippen MR) is 45.9 cm³/mol. The minimum atomic E-state index is -0.901. The number of amides is 3. The Morgan fingerprint density at radius 1 is 1.71 bits per heavy atom. The van der Waals surface area contributed by atoms with E-state index in [1.807, 2.05) is 5.32 Å². The number of primary amides is 1. The molecule has 0 radical (unpaired) electrons. The average Bonchev–Trinajstić information content (AvgIpc) is 2.49. The van der Waals surface area contributed by atoms with Crippen LogP contribution in [0.25, 0.3) is 0 Å². The third-order valence-corrected chi connectivity index (χ3v) is 1.88. The van der Waals surface area contributed by atoms with Gasteiger partial charge in [-0.1, -0.05) is 0 Å². The molecule has 1 rings (SSSR count). The molecule has 1 aliphatic rings. The van der Waals surface area contributed by atoms with Gasteiger partial charge < -0.3 is 10.8 Å². The van der Waals surface area contributed by atoms with Gasteiger partial charge in [-0.2, -0.15) is 5.06 Å². The third-order valence-electron chi connectivity index (χ3n) is 1.88. The van der Waals surface area contributed by atoms with Crippen LogP contribution in [0.15, 0.2) is 0 Å². The van der Waals surface area contributed by atoms with Gasteiger partial charge >= 0.3 is 6.03 Å². The second-order valence-electron chi connectivity index (χ2n) is 3.08. The van der Waals surface area contributed by atoms with Crippen LogP contribution in [0, 0.1) is 0 Å². The van der Waals surface area contributed by atoms with E-state index in [1.165, 1.54) is 5.06 Å². The predicted octanol–water partition coefficient (Wildman–Crippen LogP) is -1.82. The first-order valence-electron chi connectivity index (χ1n) is 4.18. The summed E-state index contributed by atoms with van der Waals surface area (Å²) in [5.41, 5.74) is 4.78. The minimum Gasteiger partial charge on any atom is -0.389 e. The fourth-order valence-corrected chi connectivity index (χ4v) is 1.12. The molecule has 3 amide bonds. The molecular formula is C7H13N3O4. The molecule has 7 heteroatoms. The number of hydrogen-bond acceptors (Lipinski definition) is 5. The van der Waals surface area contributed by atoms with Crippen molar-refractivity contribution in [2.24, 2.45) is 5.73 Å². The molecule has 80 valence electrons. The molecule has 0 spiro atoms. The Bertz CT molecular complexity index is 245.